The Labute approximate surface area is 102 Å². The minimum absolute atomic E-state index is 0.0428. The number of pyridine rings is 1. The molecule has 5 nitrogen and oxygen atoms in total. The summed E-state index contributed by atoms with van der Waals surface area (Å²) in [6, 6.07) is 1.71. The molecule has 1 rings (SSSR count). The zero-order valence-corrected chi connectivity index (χ0v) is 9.61. The molecule has 96 valence electrons. The molecule has 1 aromatic rings. The number of rotatable bonds is 4. The van der Waals surface area contributed by atoms with Gasteiger partial charge in [-0.2, -0.15) is 5.26 Å². The Balaban J connectivity index is 3.45. The number of esters is 1. The maximum absolute atomic E-state index is 13.0. The number of ether oxygens (including phenoxy) is 1. The van der Waals surface area contributed by atoms with Crippen molar-refractivity contribution < 1.29 is 18.3 Å². The van der Waals surface area contributed by atoms with E-state index in [4.69, 9.17) is 11.0 Å². The minimum Gasteiger partial charge on any atom is -0.461 e. The molecule has 0 aliphatic rings. The Morgan fingerprint density at radius 3 is 2.78 bits per heavy atom. The zero-order chi connectivity index (χ0) is 13.7. The van der Waals surface area contributed by atoms with E-state index in [1.165, 1.54) is 0 Å². The van der Waals surface area contributed by atoms with Gasteiger partial charge in [0, 0.05) is 12.7 Å². The largest absolute Gasteiger partial charge is 0.461 e. The summed E-state index contributed by atoms with van der Waals surface area (Å²) in [6.45, 7) is 1.31. The number of nitriles is 1. The molecular weight excluding hydrogens is 244 g/mol. The fourth-order valence-electron chi connectivity index (χ4n) is 1.48. The standard InChI is InChI=1S/C11H11F2N3O2/c1-2-18-11(17)9-8(10(12)13)7(4-15)6(3-14)5-16-9/h5,10H,2,4,15H2,1H3. The molecule has 18 heavy (non-hydrogen) atoms. The number of carbonyl (C=O) groups is 1. The van der Waals surface area contributed by atoms with Gasteiger partial charge in [-0.05, 0) is 12.5 Å². The predicted molar refractivity (Wildman–Crippen MR) is 57.8 cm³/mol. The molecule has 1 heterocycles. The number of aromatic nitrogens is 1. The highest BCUT2D eigenvalue weighted by molar-refractivity contribution is 5.89. The molecule has 0 aliphatic carbocycles. The van der Waals surface area contributed by atoms with Crippen LogP contribution in [-0.4, -0.2) is 17.6 Å². The summed E-state index contributed by atoms with van der Waals surface area (Å²) in [5, 5.41) is 8.78. The van der Waals surface area contributed by atoms with E-state index in [1.807, 2.05) is 0 Å². The van der Waals surface area contributed by atoms with Crippen LogP contribution in [0.25, 0.3) is 0 Å². The predicted octanol–water partition coefficient (Wildman–Crippen LogP) is 1.53. The van der Waals surface area contributed by atoms with Gasteiger partial charge >= 0.3 is 5.97 Å². The van der Waals surface area contributed by atoms with Crippen molar-refractivity contribution in [1.82, 2.24) is 4.98 Å². The Hall–Kier alpha value is -2.07. The van der Waals surface area contributed by atoms with Crippen molar-refractivity contribution in [2.24, 2.45) is 5.73 Å². The topological polar surface area (TPSA) is 89.0 Å². The smallest absolute Gasteiger partial charge is 0.357 e. The van der Waals surface area contributed by atoms with Gasteiger partial charge in [-0.15, -0.1) is 0 Å². The Morgan fingerprint density at radius 2 is 2.33 bits per heavy atom. The molecule has 0 aromatic carbocycles. The maximum Gasteiger partial charge on any atom is 0.357 e. The minimum atomic E-state index is -2.95. The third kappa shape index (κ3) is 2.60. The molecule has 0 atom stereocenters. The highest BCUT2D eigenvalue weighted by atomic mass is 19.3. The summed E-state index contributed by atoms with van der Waals surface area (Å²) in [5.74, 6) is -0.952. The molecule has 0 saturated carbocycles. The summed E-state index contributed by atoms with van der Waals surface area (Å²) in [4.78, 5) is 15.1. The molecule has 0 unspecified atom stereocenters. The molecule has 0 radical (unpaired) electrons. The number of halogens is 2. The molecule has 0 aliphatic heterocycles. The summed E-state index contributed by atoms with van der Waals surface area (Å²) >= 11 is 0. The van der Waals surface area contributed by atoms with Gasteiger partial charge in [-0.1, -0.05) is 0 Å². The van der Waals surface area contributed by atoms with Gasteiger partial charge in [0.25, 0.3) is 6.43 Å². The summed E-state index contributed by atoms with van der Waals surface area (Å²) in [7, 11) is 0. The molecule has 0 saturated heterocycles. The number of hydrogen-bond acceptors (Lipinski definition) is 5. The monoisotopic (exact) mass is 255 g/mol. The highest BCUT2D eigenvalue weighted by Crippen LogP contribution is 2.28. The molecule has 2 N–H and O–H groups in total. The second-order valence-corrected chi connectivity index (χ2v) is 3.25. The van der Waals surface area contributed by atoms with Crippen molar-refractivity contribution in [3.63, 3.8) is 0 Å². The normalized spacial score (nSPS) is 10.2. The fourth-order valence-corrected chi connectivity index (χ4v) is 1.48. The van der Waals surface area contributed by atoms with Crippen LogP contribution in [0.15, 0.2) is 6.20 Å². The maximum atomic E-state index is 13.0. The van der Waals surface area contributed by atoms with Gasteiger partial charge in [0.15, 0.2) is 5.69 Å². The van der Waals surface area contributed by atoms with Gasteiger partial charge in [0.05, 0.1) is 17.7 Å². The molecule has 0 bridgehead atoms. The van der Waals surface area contributed by atoms with Gasteiger partial charge in [-0.3, -0.25) is 0 Å². The Bertz CT molecular complexity index is 498. The Kier molecular flexibility index (Phi) is 4.68. The van der Waals surface area contributed by atoms with Crippen molar-refractivity contribution in [3.8, 4) is 6.07 Å². The second kappa shape index (κ2) is 6.02. The first kappa shape index (κ1) is 14.0. The van der Waals surface area contributed by atoms with E-state index in [2.05, 4.69) is 9.72 Å². The average molecular weight is 255 g/mol. The molecule has 0 fully saturated rings. The zero-order valence-electron chi connectivity index (χ0n) is 9.61. The van der Waals surface area contributed by atoms with Crippen LogP contribution in [-0.2, 0) is 11.3 Å². The molecule has 1 aromatic heterocycles. The van der Waals surface area contributed by atoms with Crippen LogP contribution in [0.5, 0.6) is 0 Å². The first-order chi connectivity index (χ1) is 8.56. The summed E-state index contributed by atoms with van der Waals surface area (Å²) in [6.07, 6.45) is -1.91. The number of nitrogens with zero attached hydrogens (tertiary/aromatic N) is 2. The van der Waals surface area contributed by atoms with E-state index in [9.17, 15) is 13.6 Å². The lowest BCUT2D eigenvalue weighted by Crippen LogP contribution is -2.16. The van der Waals surface area contributed by atoms with Gasteiger partial charge in [0.2, 0.25) is 0 Å². The quantitative estimate of drug-likeness (QED) is 0.824. The van der Waals surface area contributed by atoms with E-state index >= 15 is 0 Å². The van der Waals surface area contributed by atoms with Crippen LogP contribution in [0.1, 0.15) is 40.5 Å². The van der Waals surface area contributed by atoms with Crippen molar-refractivity contribution >= 4 is 5.97 Å². The number of hydrogen-bond donors (Lipinski definition) is 1. The van der Waals surface area contributed by atoms with Crippen molar-refractivity contribution in [2.75, 3.05) is 6.61 Å². The van der Waals surface area contributed by atoms with Gasteiger partial charge in [0.1, 0.15) is 6.07 Å². The lowest BCUT2D eigenvalue weighted by molar-refractivity contribution is 0.0507. The second-order valence-electron chi connectivity index (χ2n) is 3.25. The SMILES string of the molecule is CCOC(=O)c1ncc(C#N)c(CN)c1C(F)F. The van der Waals surface area contributed by atoms with Crippen LogP contribution >= 0.6 is 0 Å². The van der Waals surface area contributed by atoms with E-state index < -0.39 is 23.7 Å². The van der Waals surface area contributed by atoms with Crippen LogP contribution in [0.4, 0.5) is 8.78 Å². The lowest BCUT2D eigenvalue weighted by atomic mass is 10.0. The third-order valence-electron chi connectivity index (χ3n) is 2.24. The number of alkyl halides is 2. The van der Waals surface area contributed by atoms with Crippen molar-refractivity contribution in [3.05, 3.63) is 28.6 Å². The first-order valence-corrected chi connectivity index (χ1v) is 5.14. The molecule has 0 amide bonds. The molecular formula is C11H11F2N3O2. The summed E-state index contributed by atoms with van der Waals surface area (Å²) < 4.78 is 30.6. The van der Waals surface area contributed by atoms with E-state index in [-0.39, 0.29) is 24.3 Å². The third-order valence-corrected chi connectivity index (χ3v) is 2.24. The van der Waals surface area contributed by atoms with Gasteiger partial charge < -0.3 is 10.5 Å². The fraction of sp³-hybridized carbons (Fsp3) is 0.364. The van der Waals surface area contributed by atoms with E-state index in [1.54, 1.807) is 13.0 Å². The van der Waals surface area contributed by atoms with Crippen LogP contribution in [0.3, 0.4) is 0 Å². The first-order valence-electron chi connectivity index (χ1n) is 5.14. The highest BCUT2D eigenvalue weighted by Gasteiger charge is 2.26. The van der Waals surface area contributed by atoms with E-state index in [0.717, 1.165) is 6.20 Å². The van der Waals surface area contributed by atoms with Crippen molar-refractivity contribution in [1.29, 1.82) is 5.26 Å². The Morgan fingerprint density at radius 1 is 1.67 bits per heavy atom. The number of carbonyl (C=O) groups excluding carboxylic acids is 1. The van der Waals surface area contributed by atoms with Crippen LogP contribution in [0, 0.1) is 11.3 Å². The van der Waals surface area contributed by atoms with Crippen molar-refractivity contribution in [2.45, 2.75) is 19.9 Å². The van der Waals surface area contributed by atoms with Crippen LogP contribution in [0.2, 0.25) is 0 Å². The summed E-state index contributed by atoms with van der Waals surface area (Å²) in [5.41, 5.74) is 4.07. The van der Waals surface area contributed by atoms with Crippen LogP contribution < -0.4 is 5.73 Å². The molecule has 7 heteroatoms. The van der Waals surface area contributed by atoms with E-state index in [0.29, 0.717) is 0 Å². The average Bonchev–Trinajstić information content (AvgIpc) is 2.36. The number of nitrogens with two attached hydrogens (primary N) is 1. The lowest BCUT2D eigenvalue weighted by Gasteiger charge is -2.12. The van der Waals surface area contributed by atoms with Gasteiger partial charge in [-0.25, -0.2) is 18.6 Å². The molecule has 0 spiro atoms.